The van der Waals surface area contributed by atoms with E-state index in [1.807, 2.05) is 20.8 Å². The van der Waals surface area contributed by atoms with Gasteiger partial charge in [-0.05, 0) is 67.6 Å². The molecular formula is C16H34N4O. The normalized spacial score (nSPS) is 24.5. The third kappa shape index (κ3) is 5.24. The molecule has 1 saturated heterocycles. The van der Waals surface area contributed by atoms with Crippen LogP contribution in [0.3, 0.4) is 0 Å². The number of carbonyl (C=O) groups excluding carboxylic acids is 1. The third-order valence-corrected chi connectivity index (χ3v) is 4.78. The van der Waals surface area contributed by atoms with Gasteiger partial charge in [-0.2, -0.15) is 0 Å². The Morgan fingerprint density at radius 1 is 1.48 bits per heavy atom. The van der Waals surface area contributed by atoms with E-state index < -0.39 is 5.54 Å². The maximum absolute atomic E-state index is 11.8. The first-order valence-electron chi connectivity index (χ1n) is 8.14. The van der Waals surface area contributed by atoms with Gasteiger partial charge < -0.3 is 20.9 Å². The Balaban J connectivity index is 2.59. The highest BCUT2D eigenvalue weighted by molar-refractivity contribution is 5.84. The molecular weight excluding hydrogens is 264 g/mol. The molecule has 1 fully saturated rings. The van der Waals surface area contributed by atoms with Crippen LogP contribution in [0.25, 0.3) is 0 Å². The summed E-state index contributed by atoms with van der Waals surface area (Å²) in [5.41, 5.74) is 4.98. The molecule has 124 valence electrons. The van der Waals surface area contributed by atoms with Gasteiger partial charge in [0, 0.05) is 24.7 Å². The number of likely N-dealkylation sites (N-methyl/N-ethyl adjacent to an activating group) is 2. The van der Waals surface area contributed by atoms with E-state index in [2.05, 4.69) is 36.1 Å². The molecule has 1 aliphatic heterocycles. The second-order valence-corrected chi connectivity index (χ2v) is 7.26. The highest BCUT2D eigenvalue weighted by atomic mass is 16.1. The second-order valence-electron chi connectivity index (χ2n) is 7.26. The first kappa shape index (κ1) is 18.4. The zero-order valence-electron chi connectivity index (χ0n) is 14.6. The highest BCUT2D eigenvalue weighted by Crippen LogP contribution is 2.20. The van der Waals surface area contributed by atoms with Crippen molar-refractivity contribution in [1.82, 2.24) is 15.1 Å². The van der Waals surface area contributed by atoms with E-state index in [0.717, 1.165) is 13.0 Å². The predicted molar refractivity (Wildman–Crippen MR) is 88.2 cm³/mol. The molecule has 0 saturated carbocycles. The van der Waals surface area contributed by atoms with Crippen LogP contribution in [0.4, 0.5) is 0 Å². The summed E-state index contributed by atoms with van der Waals surface area (Å²) in [6.45, 7) is 10.4. The number of primary amides is 1. The molecule has 21 heavy (non-hydrogen) atoms. The molecule has 1 rings (SSSR count). The molecule has 1 heterocycles. The molecule has 1 amide bonds. The summed E-state index contributed by atoms with van der Waals surface area (Å²) in [6.07, 6.45) is 3.29. The molecule has 0 aromatic rings. The second kappa shape index (κ2) is 7.56. The van der Waals surface area contributed by atoms with Gasteiger partial charge in [-0.15, -0.1) is 0 Å². The smallest absolute Gasteiger partial charge is 0.237 e. The Kier molecular flexibility index (Phi) is 6.63. The number of nitrogens with two attached hydrogens (primary N) is 1. The Morgan fingerprint density at radius 3 is 2.52 bits per heavy atom. The number of carbonyl (C=O) groups is 1. The van der Waals surface area contributed by atoms with Gasteiger partial charge in [0.15, 0.2) is 0 Å². The van der Waals surface area contributed by atoms with Crippen molar-refractivity contribution in [2.45, 2.75) is 70.6 Å². The van der Waals surface area contributed by atoms with Gasteiger partial charge in [0.2, 0.25) is 5.91 Å². The van der Waals surface area contributed by atoms with Crippen LogP contribution in [0.2, 0.25) is 0 Å². The van der Waals surface area contributed by atoms with Crippen molar-refractivity contribution in [3.63, 3.8) is 0 Å². The zero-order valence-corrected chi connectivity index (χ0v) is 14.6. The number of amides is 1. The van der Waals surface area contributed by atoms with Gasteiger partial charge in [-0.1, -0.05) is 0 Å². The largest absolute Gasteiger partial charge is 0.368 e. The first-order chi connectivity index (χ1) is 9.65. The monoisotopic (exact) mass is 298 g/mol. The average Bonchev–Trinajstić information content (AvgIpc) is 2.73. The van der Waals surface area contributed by atoms with Crippen LogP contribution in [-0.2, 0) is 4.79 Å². The molecule has 0 aliphatic carbocycles. The van der Waals surface area contributed by atoms with Crippen molar-refractivity contribution in [1.29, 1.82) is 0 Å². The lowest BCUT2D eigenvalue weighted by Crippen LogP contribution is -2.58. The number of nitrogens with one attached hydrogen (secondary N) is 1. The molecule has 0 bridgehead atoms. The summed E-state index contributed by atoms with van der Waals surface area (Å²) in [6, 6.07) is 1.18. The van der Waals surface area contributed by atoms with E-state index in [4.69, 9.17) is 5.73 Å². The van der Waals surface area contributed by atoms with Crippen molar-refractivity contribution in [2.75, 3.05) is 27.2 Å². The van der Waals surface area contributed by atoms with E-state index in [9.17, 15) is 4.79 Å². The van der Waals surface area contributed by atoms with E-state index in [1.54, 1.807) is 0 Å². The van der Waals surface area contributed by atoms with Crippen molar-refractivity contribution in [3.05, 3.63) is 0 Å². The predicted octanol–water partition coefficient (Wildman–Crippen LogP) is 1.03. The van der Waals surface area contributed by atoms with Gasteiger partial charge in [0.1, 0.15) is 0 Å². The summed E-state index contributed by atoms with van der Waals surface area (Å²) in [5, 5.41) is 3.33. The molecule has 0 radical (unpaired) electrons. The fraction of sp³-hybridized carbons (Fsp3) is 0.938. The lowest BCUT2D eigenvalue weighted by Gasteiger charge is -2.37. The highest BCUT2D eigenvalue weighted by Gasteiger charge is 2.34. The summed E-state index contributed by atoms with van der Waals surface area (Å²) >= 11 is 0. The molecule has 0 spiro atoms. The number of hydrogen-bond acceptors (Lipinski definition) is 4. The number of likely N-dealkylation sites (tertiary alicyclic amines) is 1. The Hall–Kier alpha value is -0.650. The minimum atomic E-state index is -0.649. The maximum Gasteiger partial charge on any atom is 0.237 e. The van der Waals surface area contributed by atoms with Gasteiger partial charge in [0.25, 0.3) is 0 Å². The number of hydrogen-bond donors (Lipinski definition) is 2. The average molecular weight is 298 g/mol. The van der Waals surface area contributed by atoms with Crippen molar-refractivity contribution < 1.29 is 4.79 Å². The third-order valence-electron chi connectivity index (χ3n) is 4.78. The molecule has 3 atom stereocenters. The Labute approximate surface area is 130 Å². The van der Waals surface area contributed by atoms with Gasteiger partial charge in [0.05, 0.1) is 5.54 Å². The Morgan fingerprint density at radius 2 is 2.10 bits per heavy atom. The summed E-state index contributed by atoms with van der Waals surface area (Å²) in [5.74, 6) is -0.269. The minimum absolute atomic E-state index is 0.237. The standard InChI is InChI=1S/C16H34N4O/c1-12(2)18-16(4,15(17)21)10-13(3)20(6)11-14-8-7-9-19(14)5/h12-14,18H,7-11H2,1-6H3,(H2,17,21). The molecule has 5 heteroatoms. The molecule has 5 nitrogen and oxygen atoms in total. The van der Waals surface area contributed by atoms with Crippen LogP contribution in [0.1, 0.15) is 47.0 Å². The molecule has 3 unspecified atom stereocenters. The zero-order chi connectivity index (χ0) is 16.2. The lowest BCUT2D eigenvalue weighted by atomic mass is 9.91. The van der Waals surface area contributed by atoms with E-state index in [0.29, 0.717) is 12.1 Å². The van der Waals surface area contributed by atoms with Crippen molar-refractivity contribution in [3.8, 4) is 0 Å². The summed E-state index contributed by atoms with van der Waals surface area (Å²) < 4.78 is 0. The number of rotatable bonds is 8. The maximum atomic E-state index is 11.8. The van der Waals surface area contributed by atoms with Crippen molar-refractivity contribution >= 4 is 5.91 Å². The van der Waals surface area contributed by atoms with Crippen LogP contribution in [0.5, 0.6) is 0 Å². The summed E-state index contributed by atoms with van der Waals surface area (Å²) in [4.78, 5) is 16.6. The first-order valence-corrected chi connectivity index (χ1v) is 8.14. The van der Waals surface area contributed by atoms with E-state index in [1.165, 1.54) is 19.4 Å². The SMILES string of the molecule is CC(C)NC(C)(CC(C)N(C)CC1CCCN1C)C(N)=O. The molecule has 1 aliphatic rings. The van der Waals surface area contributed by atoms with Gasteiger partial charge in [-0.25, -0.2) is 0 Å². The molecule has 0 aromatic carbocycles. The van der Waals surface area contributed by atoms with Crippen LogP contribution in [0.15, 0.2) is 0 Å². The molecule has 3 N–H and O–H groups in total. The number of nitrogens with zero attached hydrogens (tertiary/aromatic N) is 2. The van der Waals surface area contributed by atoms with Crippen molar-refractivity contribution in [2.24, 2.45) is 5.73 Å². The van der Waals surface area contributed by atoms with Crippen LogP contribution >= 0.6 is 0 Å². The Bertz CT molecular complexity index is 347. The fourth-order valence-corrected chi connectivity index (χ4v) is 3.34. The van der Waals surface area contributed by atoms with Gasteiger partial charge >= 0.3 is 0 Å². The van der Waals surface area contributed by atoms with E-state index >= 15 is 0 Å². The van der Waals surface area contributed by atoms with E-state index in [-0.39, 0.29) is 11.9 Å². The summed E-state index contributed by atoms with van der Waals surface area (Å²) in [7, 11) is 4.34. The topological polar surface area (TPSA) is 61.6 Å². The quantitative estimate of drug-likeness (QED) is 0.703. The van der Waals surface area contributed by atoms with Gasteiger partial charge in [-0.3, -0.25) is 4.79 Å². The minimum Gasteiger partial charge on any atom is -0.368 e. The van der Waals surface area contributed by atoms with Crippen LogP contribution in [-0.4, -0.2) is 66.6 Å². The fourth-order valence-electron chi connectivity index (χ4n) is 3.34. The lowest BCUT2D eigenvalue weighted by molar-refractivity contribution is -0.124. The van der Waals surface area contributed by atoms with Crippen LogP contribution in [0, 0.1) is 0 Å². The molecule has 0 aromatic heterocycles. The van der Waals surface area contributed by atoms with Crippen LogP contribution < -0.4 is 11.1 Å².